The normalized spacial score (nSPS) is 9.68. The van der Waals surface area contributed by atoms with Crippen molar-refractivity contribution in [2.24, 2.45) is 0 Å². The molecule has 0 fully saturated rings. The molecule has 94 valence electrons. The molecule has 1 aromatic heterocycles. The second-order valence-corrected chi connectivity index (χ2v) is 3.99. The first kappa shape index (κ1) is 13.2. The van der Waals surface area contributed by atoms with E-state index in [0.29, 0.717) is 0 Å². The summed E-state index contributed by atoms with van der Waals surface area (Å²) in [7, 11) is 0. The van der Waals surface area contributed by atoms with Crippen LogP contribution >= 0.6 is 12.4 Å². The Balaban J connectivity index is 0.00000133. The molecule has 0 N–H and O–H groups in total. The largest absolute Gasteiger partial charge is 0.252 e. The second-order valence-electron chi connectivity index (χ2n) is 3.99. The third-order valence-corrected chi connectivity index (χ3v) is 2.79. The van der Waals surface area contributed by atoms with E-state index in [1.807, 2.05) is 36.4 Å². The van der Waals surface area contributed by atoms with E-state index in [-0.39, 0.29) is 12.4 Å². The lowest BCUT2D eigenvalue weighted by Crippen LogP contribution is -1.91. The Morgan fingerprint density at radius 2 is 0.895 bits per heavy atom. The maximum atomic E-state index is 4.46. The number of hydrogen-bond donors (Lipinski definition) is 0. The Morgan fingerprint density at radius 1 is 0.526 bits per heavy atom. The van der Waals surface area contributed by atoms with Gasteiger partial charge in [0.2, 0.25) is 0 Å². The molecule has 19 heavy (non-hydrogen) atoms. The van der Waals surface area contributed by atoms with Gasteiger partial charge in [0.25, 0.3) is 0 Å². The average Bonchev–Trinajstić information content (AvgIpc) is 2.49. The highest BCUT2D eigenvalue weighted by molar-refractivity contribution is 5.85. The van der Waals surface area contributed by atoms with Crippen molar-refractivity contribution in [2.45, 2.75) is 0 Å². The smallest absolute Gasteiger partial charge is 0.0965 e. The van der Waals surface area contributed by atoms with Gasteiger partial charge in [0, 0.05) is 23.5 Å². The van der Waals surface area contributed by atoms with Crippen LogP contribution < -0.4 is 0 Å². The monoisotopic (exact) mass is 268 g/mol. The van der Waals surface area contributed by atoms with E-state index in [4.69, 9.17) is 0 Å². The van der Waals surface area contributed by atoms with Gasteiger partial charge in [0.05, 0.1) is 11.4 Å². The van der Waals surface area contributed by atoms with E-state index in [1.165, 1.54) is 0 Å². The molecule has 3 aromatic rings. The first-order valence-electron chi connectivity index (χ1n) is 5.87. The van der Waals surface area contributed by atoms with Gasteiger partial charge in [0.1, 0.15) is 0 Å². The molecule has 0 aliphatic carbocycles. The Hall–Kier alpha value is -2.19. The molecule has 0 amide bonds. The van der Waals surface area contributed by atoms with Crippen LogP contribution in [0.4, 0.5) is 0 Å². The number of benzene rings is 2. The van der Waals surface area contributed by atoms with E-state index in [1.54, 1.807) is 12.4 Å². The van der Waals surface area contributed by atoms with Crippen molar-refractivity contribution >= 4 is 12.4 Å². The number of halogens is 1. The molecule has 0 saturated heterocycles. The topological polar surface area (TPSA) is 25.8 Å². The Morgan fingerprint density at radius 3 is 1.26 bits per heavy atom. The lowest BCUT2D eigenvalue weighted by atomic mass is 10.0. The van der Waals surface area contributed by atoms with Gasteiger partial charge in [0.15, 0.2) is 0 Å². The highest BCUT2D eigenvalue weighted by atomic mass is 35.5. The molecule has 0 spiro atoms. The zero-order valence-electron chi connectivity index (χ0n) is 10.2. The van der Waals surface area contributed by atoms with Crippen LogP contribution in [-0.2, 0) is 0 Å². The molecule has 3 heteroatoms. The fraction of sp³-hybridized carbons (Fsp3) is 0. The van der Waals surface area contributed by atoms with Crippen molar-refractivity contribution in [3.8, 4) is 22.5 Å². The fourth-order valence-corrected chi connectivity index (χ4v) is 1.95. The highest BCUT2D eigenvalue weighted by Gasteiger charge is 2.08. The van der Waals surface area contributed by atoms with Gasteiger partial charge in [-0.2, -0.15) is 0 Å². The second kappa shape index (κ2) is 6.12. The van der Waals surface area contributed by atoms with Crippen LogP contribution in [-0.4, -0.2) is 9.97 Å². The standard InChI is InChI=1S/C16H12N2.ClH/c1-3-7-13(8-4-1)15-16(18-12-11-17-15)14-9-5-2-6-10-14;/h1-12H;1H. The SMILES string of the molecule is Cl.c1ccc(-c2nccnc2-c2ccccc2)cc1. The lowest BCUT2D eigenvalue weighted by Gasteiger charge is -2.07. The number of rotatable bonds is 2. The number of hydrogen-bond acceptors (Lipinski definition) is 2. The third kappa shape index (κ3) is 2.80. The molecule has 0 unspecified atom stereocenters. The first-order valence-corrected chi connectivity index (χ1v) is 5.87. The van der Waals surface area contributed by atoms with Crippen molar-refractivity contribution in [2.75, 3.05) is 0 Å². The number of nitrogens with zero attached hydrogens (tertiary/aromatic N) is 2. The highest BCUT2D eigenvalue weighted by Crippen LogP contribution is 2.27. The zero-order chi connectivity index (χ0) is 12.2. The molecule has 2 nitrogen and oxygen atoms in total. The summed E-state index contributed by atoms with van der Waals surface area (Å²) in [6, 6.07) is 20.3. The minimum atomic E-state index is 0. The van der Waals surface area contributed by atoms with E-state index < -0.39 is 0 Å². The Labute approximate surface area is 118 Å². The minimum Gasteiger partial charge on any atom is -0.252 e. The summed E-state index contributed by atoms with van der Waals surface area (Å²) >= 11 is 0. The molecule has 1 heterocycles. The predicted octanol–water partition coefficient (Wildman–Crippen LogP) is 4.23. The molecule has 0 bridgehead atoms. The van der Waals surface area contributed by atoms with Crippen molar-refractivity contribution < 1.29 is 0 Å². The molecule has 0 aliphatic heterocycles. The summed E-state index contributed by atoms with van der Waals surface area (Å²) in [6.07, 6.45) is 3.46. The molecule has 0 saturated carbocycles. The predicted molar refractivity (Wildman–Crippen MR) is 80.2 cm³/mol. The number of aromatic nitrogens is 2. The van der Waals surface area contributed by atoms with Gasteiger partial charge in [-0.3, -0.25) is 9.97 Å². The molecule has 0 atom stereocenters. The summed E-state index contributed by atoms with van der Waals surface area (Å²) in [5, 5.41) is 0. The molecule has 2 aromatic carbocycles. The summed E-state index contributed by atoms with van der Waals surface area (Å²) < 4.78 is 0. The Bertz CT molecular complexity index is 581. The van der Waals surface area contributed by atoms with E-state index in [9.17, 15) is 0 Å². The third-order valence-electron chi connectivity index (χ3n) is 2.79. The summed E-state index contributed by atoms with van der Waals surface area (Å²) in [6.45, 7) is 0. The van der Waals surface area contributed by atoms with Gasteiger partial charge < -0.3 is 0 Å². The van der Waals surface area contributed by atoms with Gasteiger partial charge in [-0.05, 0) is 0 Å². The quantitative estimate of drug-likeness (QED) is 0.695. The molecule has 3 rings (SSSR count). The lowest BCUT2D eigenvalue weighted by molar-refractivity contribution is 1.21. The first-order chi connectivity index (χ1) is 8.95. The molecule has 0 radical (unpaired) electrons. The summed E-state index contributed by atoms with van der Waals surface area (Å²) in [5.41, 5.74) is 4.02. The van der Waals surface area contributed by atoms with Gasteiger partial charge in [-0.25, -0.2) is 0 Å². The van der Waals surface area contributed by atoms with Gasteiger partial charge >= 0.3 is 0 Å². The zero-order valence-corrected chi connectivity index (χ0v) is 11.0. The average molecular weight is 269 g/mol. The minimum absolute atomic E-state index is 0. The van der Waals surface area contributed by atoms with Gasteiger partial charge in [-0.15, -0.1) is 12.4 Å². The van der Waals surface area contributed by atoms with Crippen molar-refractivity contribution in [1.82, 2.24) is 9.97 Å². The van der Waals surface area contributed by atoms with E-state index >= 15 is 0 Å². The molecular formula is C16H13ClN2. The maximum Gasteiger partial charge on any atom is 0.0965 e. The van der Waals surface area contributed by atoms with Crippen LogP contribution in [0, 0.1) is 0 Å². The van der Waals surface area contributed by atoms with Gasteiger partial charge in [-0.1, -0.05) is 60.7 Å². The van der Waals surface area contributed by atoms with Crippen LogP contribution in [0.5, 0.6) is 0 Å². The van der Waals surface area contributed by atoms with Crippen LogP contribution in [0.1, 0.15) is 0 Å². The molecular weight excluding hydrogens is 256 g/mol. The van der Waals surface area contributed by atoms with Crippen molar-refractivity contribution in [3.05, 3.63) is 73.1 Å². The van der Waals surface area contributed by atoms with Crippen LogP contribution in [0.2, 0.25) is 0 Å². The van der Waals surface area contributed by atoms with Crippen LogP contribution in [0.25, 0.3) is 22.5 Å². The maximum absolute atomic E-state index is 4.46. The molecule has 0 aliphatic rings. The Kier molecular flexibility index (Phi) is 4.26. The van der Waals surface area contributed by atoms with E-state index in [2.05, 4.69) is 34.2 Å². The summed E-state index contributed by atoms with van der Waals surface area (Å²) in [5.74, 6) is 0. The van der Waals surface area contributed by atoms with Crippen LogP contribution in [0.3, 0.4) is 0 Å². The van der Waals surface area contributed by atoms with Crippen molar-refractivity contribution in [3.63, 3.8) is 0 Å². The van der Waals surface area contributed by atoms with E-state index in [0.717, 1.165) is 22.5 Å². The van der Waals surface area contributed by atoms with Crippen molar-refractivity contribution in [1.29, 1.82) is 0 Å². The van der Waals surface area contributed by atoms with Crippen LogP contribution in [0.15, 0.2) is 73.1 Å². The fourth-order valence-electron chi connectivity index (χ4n) is 1.95. The summed E-state index contributed by atoms with van der Waals surface area (Å²) in [4.78, 5) is 8.93.